The van der Waals surface area contributed by atoms with Crippen molar-refractivity contribution in [2.24, 2.45) is 0 Å². The molecule has 0 radical (unpaired) electrons. The molecule has 1 aromatic carbocycles. The van der Waals surface area contributed by atoms with Crippen LogP contribution in [0.5, 0.6) is 0 Å². The van der Waals surface area contributed by atoms with Gasteiger partial charge in [-0.3, -0.25) is 4.79 Å². The van der Waals surface area contributed by atoms with E-state index >= 15 is 0 Å². The van der Waals surface area contributed by atoms with Crippen LogP contribution in [0.2, 0.25) is 0 Å². The number of benzene rings is 1. The molecule has 2 fully saturated rings. The Labute approximate surface area is 182 Å². The van der Waals surface area contributed by atoms with Crippen LogP contribution in [0.15, 0.2) is 35.5 Å². The Morgan fingerprint density at radius 3 is 2.57 bits per heavy atom. The Kier molecular flexibility index (Phi) is 6.20. The van der Waals surface area contributed by atoms with Crippen LogP contribution in [0.1, 0.15) is 50.4 Å². The minimum Gasteiger partial charge on any atom is -0.338 e. The monoisotopic (exact) mass is 448 g/mol. The first-order valence-corrected chi connectivity index (χ1v) is 13.2. The third kappa shape index (κ3) is 4.72. The molecule has 2 aromatic rings. The van der Waals surface area contributed by atoms with Crippen molar-refractivity contribution < 1.29 is 13.2 Å². The van der Waals surface area contributed by atoms with Gasteiger partial charge in [0.2, 0.25) is 5.91 Å². The van der Waals surface area contributed by atoms with E-state index in [9.17, 15) is 13.2 Å². The molecule has 2 unspecified atom stereocenters. The van der Waals surface area contributed by atoms with Crippen molar-refractivity contribution in [2.45, 2.75) is 62.0 Å². The summed E-state index contributed by atoms with van der Waals surface area (Å²) in [6.45, 7) is 4.97. The third-order valence-corrected chi connectivity index (χ3v) is 8.59. The lowest BCUT2D eigenvalue weighted by Crippen LogP contribution is -2.44. The lowest BCUT2D eigenvalue weighted by atomic mass is 10.2. The Morgan fingerprint density at radius 1 is 1.23 bits per heavy atom. The topological polar surface area (TPSA) is 85.2 Å². The Morgan fingerprint density at radius 2 is 1.97 bits per heavy atom. The molecule has 0 N–H and O–H groups in total. The van der Waals surface area contributed by atoms with Gasteiger partial charge in [0.1, 0.15) is 5.82 Å². The molecule has 9 heteroatoms. The number of carbonyl (C=O) groups is 1. The van der Waals surface area contributed by atoms with E-state index in [0.717, 1.165) is 23.8 Å². The van der Waals surface area contributed by atoms with Crippen molar-refractivity contribution in [3.05, 3.63) is 41.7 Å². The number of hydrogen-bond donors (Lipinski definition) is 0. The average molecular weight is 449 g/mol. The fourth-order valence-corrected chi connectivity index (χ4v) is 6.66. The summed E-state index contributed by atoms with van der Waals surface area (Å²) in [7, 11) is -3.04. The molecule has 2 aliphatic rings. The molecule has 1 aromatic heterocycles. The summed E-state index contributed by atoms with van der Waals surface area (Å²) in [4.78, 5) is 14.9. The highest BCUT2D eigenvalue weighted by atomic mass is 32.2. The lowest BCUT2D eigenvalue weighted by Gasteiger charge is -2.29. The van der Waals surface area contributed by atoms with Crippen LogP contribution in [0.25, 0.3) is 0 Å². The summed E-state index contributed by atoms with van der Waals surface area (Å²) in [6.07, 6.45) is 2.78. The second-order valence-corrected chi connectivity index (χ2v) is 11.7. The zero-order valence-electron chi connectivity index (χ0n) is 17.4. The smallest absolute Gasteiger partial charge is 0.236 e. The van der Waals surface area contributed by atoms with Crippen molar-refractivity contribution in [1.82, 2.24) is 19.7 Å². The Bertz CT molecular complexity index is 1000. The first kappa shape index (κ1) is 21.4. The molecule has 0 spiro atoms. The maximum Gasteiger partial charge on any atom is 0.236 e. The van der Waals surface area contributed by atoms with Crippen molar-refractivity contribution in [1.29, 1.82) is 0 Å². The molecule has 2 heterocycles. The molecular formula is C21H28N4O3S2. The molecule has 0 bridgehead atoms. The van der Waals surface area contributed by atoms with Crippen LogP contribution in [-0.2, 0) is 21.2 Å². The molecule has 1 saturated heterocycles. The van der Waals surface area contributed by atoms with E-state index in [-0.39, 0.29) is 28.7 Å². The maximum atomic E-state index is 13.2. The van der Waals surface area contributed by atoms with Crippen molar-refractivity contribution in [3.63, 3.8) is 0 Å². The fourth-order valence-electron chi connectivity index (χ4n) is 4.00. The van der Waals surface area contributed by atoms with Gasteiger partial charge in [0.25, 0.3) is 0 Å². The molecule has 1 saturated carbocycles. The number of sulfone groups is 1. The van der Waals surface area contributed by atoms with E-state index in [4.69, 9.17) is 0 Å². The van der Waals surface area contributed by atoms with Gasteiger partial charge < -0.3 is 9.47 Å². The molecule has 1 amide bonds. The van der Waals surface area contributed by atoms with Gasteiger partial charge in [-0.05, 0) is 38.7 Å². The highest BCUT2D eigenvalue weighted by molar-refractivity contribution is 8.00. The largest absolute Gasteiger partial charge is 0.338 e. The van der Waals surface area contributed by atoms with Crippen LogP contribution in [0, 0.1) is 0 Å². The third-order valence-electron chi connectivity index (χ3n) is 5.77. The SMILES string of the molecule is CCN(C(=O)C(C)Sc1nnc(C2CC2)n1Cc1ccccc1)C1CCS(=O)(=O)C1. The second kappa shape index (κ2) is 8.70. The number of carbonyl (C=O) groups excluding carboxylic acids is 1. The van der Waals surface area contributed by atoms with Gasteiger partial charge in [0.05, 0.1) is 23.3 Å². The minimum absolute atomic E-state index is 0.0353. The molecule has 2 atom stereocenters. The second-order valence-electron chi connectivity index (χ2n) is 8.13. The van der Waals surface area contributed by atoms with Crippen LogP contribution < -0.4 is 0 Å². The molecule has 1 aliphatic carbocycles. The van der Waals surface area contributed by atoms with Crippen molar-refractivity contribution in [3.8, 4) is 0 Å². The Hall–Kier alpha value is -1.87. The van der Waals surface area contributed by atoms with E-state index < -0.39 is 9.84 Å². The number of thioether (sulfide) groups is 1. The van der Waals surface area contributed by atoms with Gasteiger partial charge in [0.15, 0.2) is 15.0 Å². The first-order chi connectivity index (χ1) is 14.4. The predicted octanol–water partition coefficient (Wildman–Crippen LogP) is 2.72. The zero-order chi connectivity index (χ0) is 21.3. The summed E-state index contributed by atoms with van der Waals surface area (Å²) >= 11 is 1.41. The molecule has 7 nitrogen and oxygen atoms in total. The highest BCUT2D eigenvalue weighted by Gasteiger charge is 2.36. The number of nitrogens with zero attached hydrogens (tertiary/aromatic N) is 4. The number of aromatic nitrogens is 3. The fraction of sp³-hybridized carbons (Fsp3) is 0.571. The summed E-state index contributed by atoms with van der Waals surface area (Å²) in [5, 5.41) is 9.23. The zero-order valence-corrected chi connectivity index (χ0v) is 19.0. The predicted molar refractivity (Wildman–Crippen MR) is 117 cm³/mol. The van der Waals surface area contributed by atoms with E-state index in [1.54, 1.807) is 4.90 Å². The average Bonchev–Trinajstić information content (AvgIpc) is 3.41. The van der Waals surface area contributed by atoms with Gasteiger partial charge >= 0.3 is 0 Å². The van der Waals surface area contributed by atoms with E-state index in [1.807, 2.05) is 32.0 Å². The molecule has 162 valence electrons. The highest BCUT2D eigenvalue weighted by Crippen LogP contribution is 2.40. The van der Waals surface area contributed by atoms with Crippen LogP contribution in [0.4, 0.5) is 0 Å². The minimum atomic E-state index is -3.04. The van der Waals surface area contributed by atoms with Gasteiger partial charge in [-0.15, -0.1) is 10.2 Å². The molecular weight excluding hydrogens is 420 g/mol. The van der Waals surface area contributed by atoms with Gasteiger partial charge in [0, 0.05) is 18.5 Å². The Balaban J connectivity index is 1.51. The van der Waals surface area contributed by atoms with E-state index in [1.165, 1.54) is 17.3 Å². The van der Waals surface area contributed by atoms with Crippen LogP contribution in [0.3, 0.4) is 0 Å². The standard InChI is InChI=1S/C21H28N4O3S2/c1-3-24(18-11-12-30(27,28)14-18)20(26)15(2)29-21-23-22-19(17-9-10-17)25(21)13-16-7-5-4-6-8-16/h4-8,15,17-18H,3,9-14H2,1-2H3. The summed E-state index contributed by atoms with van der Waals surface area (Å²) in [5.74, 6) is 1.65. The number of amides is 1. The van der Waals surface area contributed by atoms with E-state index in [0.29, 0.717) is 25.4 Å². The first-order valence-electron chi connectivity index (χ1n) is 10.5. The summed E-state index contributed by atoms with van der Waals surface area (Å²) < 4.78 is 25.9. The van der Waals surface area contributed by atoms with Gasteiger partial charge in [-0.25, -0.2) is 8.42 Å². The normalized spacial score (nSPS) is 21.5. The quantitative estimate of drug-likeness (QED) is 0.577. The van der Waals surface area contributed by atoms with Gasteiger partial charge in [-0.1, -0.05) is 42.1 Å². The molecule has 4 rings (SSSR count). The van der Waals surface area contributed by atoms with E-state index in [2.05, 4.69) is 26.9 Å². The summed E-state index contributed by atoms with van der Waals surface area (Å²) in [6, 6.07) is 9.97. The van der Waals surface area contributed by atoms with Crippen LogP contribution >= 0.6 is 11.8 Å². The lowest BCUT2D eigenvalue weighted by molar-refractivity contribution is -0.131. The number of hydrogen-bond acceptors (Lipinski definition) is 6. The van der Waals surface area contributed by atoms with Crippen molar-refractivity contribution in [2.75, 3.05) is 18.1 Å². The van der Waals surface area contributed by atoms with Gasteiger partial charge in [-0.2, -0.15) is 0 Å². The number of rotatable bonds is 8. The van der Waals surface area contributed by atoms with Crippen molar-refractivity contribution >= 4 is 27.5 Å². The van der Waals surface area contributed by atoms with Crippen LogP contribution in [-0.4, -0.2) is 63.3 Å². The molecule has 1 aliphatic heterocycles. The molecule has 30 heavy (non-hydrogen) atoms. The summed E-state index contributed by atoms with van der Waals surface area (Å²) in [5.41, 5.74) is 1.17. The maximum absolute atomic E-state index is 13.2.